The van der Waals surface area contributed by atoms with Crippen LogP contribution in [0.3, 0.4) is 0 Å². The van der Waals surface area contributed by atoms with Gasteiger partial charge in [0, 0.05) is 29.4 Å². The molecule has 2 rings (SSSR count). The first-order chi connectivity index (χ1) is 11.4. The summed E-state index contributed by atoms with van der Waals surface area (Å²) in [6.07, 6.45) is 1.39. The zero-order chi connectivity index (χ0) is 17.7. The van der Waals surface area contributed by atoms with E-state index in [1.165, 1.54) is 11.1 Å². The second-order valence-corrected chi connectivity index (χ2v) is 6.96. The lowest BCUT2D eigenvalue weighted by Crippen LogP contribution is -2.35. The van der Waals surface area contributed by atoms with Gasteiger partial charge in [0.2, 0.25) is 5.91 Å². The van der Waals surface area contributed by atoms with Crippen LogP contribution in [0.1, 0.15) is 10.4 Å². The Bertz CT molecular complexity index is 773. The SMILES string of the molecule is CN(C)C(=O)C(C=Nc1ccc(I)cc1)C(=O)c1ccccc1Cl. The van der Waals surface area contributed by atoms with Crippen molar-refractivity contribution in [3.8, 4) is 0 Å². The van der Waals surface area contributed by atoms with E-state index < -0.39 is 5.92 Å². The Hall–Kier alpha value is -1.73. The van der Waals surface area contributed by atoms with Crippen LogP contribution in [0.2, 0.25) is 5.02 Å². The van der Waals surface area contributed by atoms with E-state index in [0.717, 1.165) is 3.57 Å². The zero-order valence-corrected chi connectivity index (χ0v) is 16.2. The van der Waals surface area contributed by atoms with Gasteiger partial charge in [-0.05, 0) is 59.0 Å². The minimum atomic E-state index is -1.01. The fourth-order valence-electron chi connectivity index (χ4n) is 2.04. The number of aliphatic imine (C=N–C) groups is 1. The van der Waals surface area contributed by atoms with Crippen LogP contribution < -0.4 is 0 Å². The highest BCUT2D eigenvalue weighted by atomic mass is 127. The second kappa shape index (κ2) is 8.39. The zero-order valence-electron chi connectivity index (χ0n) is 13.2. The van der Waals surface area contributed by atoms with Gasteiger partial charge in [0.05, 0.1) is 10.7 Å². The Kier molecular flexibility index (Phi) is 6.51. The second-order valence-electron chi connectivity index (χ2n) is 5.31. The van der Waals surface area contributed by atoms with E-state index in [1.54, 1.807) is 38.4 Å². The van der Waals surface area contributed by atoms with Crippen LogP contribution >= 0.6 is 34.2 Å². The topological polar surface area (TPSA) is 49.7 Å². The number of hydrogen-bond acceptors (Lipinski definition) is 3. The summed E-state index contributed by atoms with van der Waals surface area (Å²) >= 11 is 8.29. The van der Waals surface area contributed by atoms with Crippen molar-refractivity contribution in [3.63, 3.8) is 0 Å². The lowest BCUT2D eigenvalue weighted by atomic mass is 9.97. The van der Waals surface area contributed by atoms with Crippen LogP contribution in [0.4, 0.5) is 5.69 Å². The fraction of sp³-hybridized carbons (Fsp3) is 0.167. The van der Waals surface area contributed by atoms with Crippen molar-refractivity contribution in [2.24, 2.45) is 10.9 Å². The molecule has 0 aliphatic rings. The van der Waals surface area contributed by atoms with Crippen molar-refractivity contribution < 1.29 is 9.59 Å². The van der Waals surface area contributed by atoms with Gasteiger partial charge in [-0.15, -0.1) is 0 Å². The third-order valence-electron chi connectivity index (χ3n) is 3.33. The molecule has 0 fully saturated rings. The highest BCUT2D eigenvalue weighted by Crippen LogP contribution is 2.20. The predicted molar refractivity (Wildman–Crippen MR) is 105 cm³/mol. The number of rotatable bonds is 5. The van der Waals surface area contributed by atoms with Gasteiger partial charge in [-0.3, -0.25) is 14.6 Å². The number of hydrogen-bond donors (Lipinski definition) is 0. The van der Waals surface area contributed by atoms with Gasteiger partial charge in [-0.1, -0.05) is 23.7 Å². The van der Waals surface area contributed by atoms with Crippen molar-refractivity contribution >= 4 is 57.8 Å². The largest absolute Gasteiger partial charge is 0.348 e. The number of ketones is 1. The van der Waals surface area contributed by atoms with E-state index in [2.05, 4.69) is 27.6 Å². The molecule has 6 heteroatoms. The van der Waals surface area contributed by atoms with E-state index in [4.69, 9.17) is 11.6 Å². The Labute approximate surface area is 159 Å². The number of Topliss-reactive ketones (excluding diaryl/α,β-unsaturated/α-hetero) is 1. The van der Waals surface area contributed by atoms with Crippen molar-refractivity contribution in [1.82, 2.24) is 4.90 Å². The summed E-state index contributed by atoms with van der Waals surface area (Å²) in [5, 5.41) is 0.321. The minimum Gasteiger partial charge on any atom is -0.348 e. The van der Waals surface area contributed by atoms with E-state index in [-0.39, 0.29) is 11.7 Å². The lowest BCUT2D eigenvalue weighted by Gasteiger charge is -2.17. The molecule has 0 radical (unpaired) electrons. The van der Waals surface area contributed by atoms with Crippen LogP contribution in [0.25, 0.3) is 0 Å². The van der Waals surface area contributed by atoms with E-state index in [9.17, 15) is 9.59 Å². The number of nitrogens with zero attached hydrogens (tertiary/aromatic N) is 2. The first kappa shape index (κ1) is 18.6. The molecule has 0 saturated heterocycles. The van der Waals surface area contributed by atoms with Crippen molar-refractivity contribution in [3.05, 3.63) is 62.7 Å². The van der Waals surface area contributed by atoms with E-state index >= 15 is 0 Å². The Morgan fingerprint density at radius 3 is 2.33 bits per heavy atom. The summed E-state index contributed by atoms with van der Waals surface area (Å²) in [6.45, 7) is 0. The van der Waals surface area contributed by atoms with Gasteiger partial charge in [0.15, 0.2) is 5.78 Å². The average molecular weight is 455 g/mol. The van der Waals surface area contributed by atoms with Crippen molar-refractivity contribution in [2.45, 2.75) is 0 Å². The molecule has 1 unspecified atom stereocenters. The summed E-state index contributed by atoms with van der Waals surface area (Å²) < 4.78 is 1.08. The Balaban J connectivity index is 2.34. The molecule has 2 aromatic rings. The van der Waals surface area contributed by atoms with E-state index in [1.807, 2.05) is 24.3 Å². The van der Waals surface area contributed by atoms with Crippen LogP contribution in [-0.4, -0.2) is 36.9 Å². The summed E-state index contributed by atoms with van der Waals surface area (Å²) in [7, 11) is 3.21. The highest BCUT2D eigenvalue weighted by Gasteiger charge is 2.28. The first-order valence-corrected chi connectivity index (χ1v) is 8.65. The summed E-state index contributed by atoms with van der Waals surface area (Å²) in [5.41, 5.74) is 0.993. The number of benzene rings is 2. The summed E-state index contributed by atoms with van der Waals surface area (Å²) in [5.74, 6) is -1.72. The molecule has 24 heavy (non-hydrogen) atoms. The maximum Gasteiger partial charge on any atom is 0.238 e. The molecule has 0 aromatic heterocycles. The molecule has 2 aromatic carbocycles. The smallest absolute Gasteiger partial charge is 0.238 e. The molecule has 0 heterocycles. The monoisotopic (exact) mass is 454 g/mol. The molecular weight excluding hydrogens is 439 g/mol. The number of halogens is 2. The molecule has 0 saturated carbocycles. The highest BCUT2D eigenvalue weighted by molar-refractivity contribution is 14.1. The van der Waals surface area contributed by atoms with Gasteiger partial charge in [0.25, 0.3) is 0 Å². The minimum absolute atomic E-state index is 0.313. The van der Waals surface area contributed by atoms with Gasteiger partial charge in [-0.25, -0.2) is 0 Å². The Morgan fingerprint density at radius 1 is 1.12 bits per heavy atom. The van der Waals surface area contributed by atoms with Gasteiger partial charge >= 0.3 is 0 Å². The standard InChI is InChI=1S/C18H16ClIN2O2/c1-22(2)18(24)15(11-21-13-9-7-12(20)8-10-13)17(23)14-5-3-4-6-16(14)19/h3-11,15H,1-2H3. The number of carbonyl (C=O) groups excluding carboxylic acids is 2. The van der Waals surface area contributed by atoms with Gasteiger partial charge in [0.1, 0.15) is 5.92 Å². The Morgan fingerprint density at radius 2 is 1.75 bits per heavy atom. The molecular formula is C18H16ClIN2O2. The van der Waals surface area contributed by atoms with Crippen LogP contribution in [0, 0.1) is 9.49 Å². The molecule has 0 aliphatic heterocycles. The lowest BCUT2D eigenvalue weighted by molar-refractivity contribution is -0.129. The summed E-state index contributed by atoms with van der Waals surface area (Å²) in [6, 6.07) is 14.2. The number of amides is 1. The van der Waals surface area contributed by atoms with Crippen LogP contribution in [0.15, 0.2) is 53.5 Å². The fourth-order valence-corrected chi connectivity index (χ4v) is 2.63. The van der Waals surface area contributed by atoms with Gasteiger partial charge < -0.3 is 4.90 Å². The molecule has 0 spiro atoms. The van der Waals surface area contributed by atoms with E-state index in [0.29, 0.717) is 16.3 Å². The normalized spacial score (nSPS) is 12.2. The molecule has 124 valence electrons. The van der Waals surface area contributed by atoms with Crippen LogP contribution in [-0.2, 0) is 4.79 Å². The predicted octanol–water partition coefficient (Wildman–Crippen LogP) is 4.23. The van der Waals surface area contributed by atoms with Gasteiger partial charge in [-0.2, -0.15) is 0 Å². The first-order valence-electron chi connectivity index (χ1n) is 7.20. The molecule has 0 aliphatic carbocycles. The summed E-state index contributed by atoms with van der Waals surface area (Å²) in [4.78, 5) is 30.8. The van der Waals surface area contributed by atoms with Crippen molar-refractivity contribution in [1.29, 1.82) is 0 Å². The number of carbonyl (C=O) groups is 2. The average Bonchev–Trinajstić information content (AvgIpc) is 2.56. The molecule has 1 amide bonds. The molecule has 1 atom stereocenters. The maximum absolute atomic E-state index is 12.8. The maximum atomic E-state index is 12.8. The van der Waals surface area contributed by atoms with Crippen molar-refractivity contribution in [2.75, 3.05) is 14.1 Å². The molecule has 4 nitrogen and oxygen atoms in total. The molecule has 0 bridgehead atoms. The third kappa shape index (κ3) is 4.64. The molecule has 0 N–H and O–H groups in total. The third-order valence-corrected chi connectivity index (χ3v) is 4.38. The van der Waals surface area contributed by atoms with Crippen LogP contribution in [0.5, 0.6) is 0 Å². The quantitative estimate of drug-likeness (QED) is 0.294.